The first-order chi connectivity index (χ1) is 8.81. The summed E-state index contributed by atoms with van der Waals surface area (Å²) in [7, 11) is 0. The molecule has 1 aliphatic carbocycles. The maximum atomic E-state index is 6.22. The number of hydrogen-bond acceptors (Lipinski definition) is 2. The number of halogens is 1. The van der Waals surface area contributed by atoms with Gasteiger partial charge in [-0.2, -0.15) is 0 Å². The average Bonchev–Trinajstić information content (AvgIpc) is 2.40. The van der Waals surface area contributed by atoms with Gasteiger partial charge in [-0.1, -0.05) is 43.0 Å². The highest BCUT2D eigenvalue weighted by atomic mass is 35.5. The molecule has 2 nitrogen and oxygen atoms in total. The summed E-state index contributed by atoms with van der Waals surface area (Å²) in [4.78, 5) is 0. The van der Waals surface area contributed by atoms with E-state index >= 15 is 0 Å². The van der Waals surface area contributed by atoms with E-state index in [1.165, 1.54) is 32.1 Å². The predicted octanol–water partition coefficient (Wildman–Crippen LogP) is 3.80. The van der Waals surface area contributed by atoms with Crippen molar-refractivity contribution in [2.45, 2.75) is 38.5 Å². The third kappa shape index (κ3) is 3.63. The number of benzene rings is 1. The number of rotatable bonds is 5. The maximum absolute atomic E-state index is 6.22. The quantitative estimate of drug-likeness (QED) is 0.881. The molecule has 0 aliphatic heterocycles. The molecule has 0 heterocycles. The second-order valence-electron chi connectivity index (χ2n) is 5.08. The zero-order valence-corrected chi connectivity index (χ0v) is 11.6. The van der Waals surface area contributed by atoms with Gasteiger partial charge in [0.25, 0.3) is 0 Å². The molecule has 1 aliphatic rings. The third-order valence-electron chi connectivity index (χ3n) is 3.65. The Labute approximate surface area is 114 Å². The second kappa shape index (κ2) is 7.01. The lowest BCUT2D eigenvalue weighted by Crippen LogP contribution is -2.16. The summed E-state index contributed by atoms with van der Waals surface area (Å²) < 4.78 is 5.97. The topological polar surface area (TPSA) is 35.2 Å². The highest BCUT2D eigenvalue weighted by Crippen LogP contribution is 2.31. The highest BCUT2D eigenvalue weighted by Gasteiger charge is 2.15. The van der Waals surface area contributed by atoms with Crippen LogP contribution >= 0.6 is 11.6 Å². The summed E-state index contributed by atoms with van der Waals surface area (Å²) in [5.74, 6) is 1.54. The molecule has 0 radical (unpaired) electrons. The molecule has 0 atom stereocenters. The van der Waals surface area contributed by atoms with Gasteiger partial charge in [-0.15, -0.1) is 0 Å². The van der Waals surface area contributed by atoms with Crippen LogP contribution in [0.3, 0.4) is 0 Å². The van der Waals surface area contributed by atoms with Crippen molar-refractivity contribution in [2.75, 3.05) is 13.2 Å². The van der Waals surface area contributed by atoms with E-state index in [2.05, 4.69) is 6.07 Å². The Kier molecular flexibility index (Phi) is 5.33. The van der Waals surface area contributed by atoms with Crippen molar-refractivity contribution < 1.29 is 4.74 Å². The van der Waals surface area contributed by atoms with Crippen LogP contribution in [0.4, 0.5) is 0 Å². The zero-order valence-electron chi connectivity index (χ0n) is 10.8. The van der Waals surface area contributed by atoms with Crippen LogP contribution in [0.5, 0.6) is 5.75 Å². The van der Waals surface area contributed by atoms with Crippen LogP contribution in [-0.4, -0.2) is 13.2 Å². The fourth-order valence-corrected chi connectivity index (χ4v) is 2.87. The highest BCUT2D eigenvalue weighted by molar-refractivity contribution is 6.32. The summed E-state index contributed by atoms with van der Waals surface area (Å²) in [5, 5.41) is 0.705. The Morgan fingerprint density at radius 2 is 2.00 bits per heavy atom. The first-order valence-corrected chi connectivity index (χ1v) is 7.29. The summed E-state index contributed by atoms with van der Waals surface area (Å²) in [6.45, 7) is 1.42. The van der Waals surface area contributed by atoms with E-state index in [-0.39, 0.29) is 0 Å². The molecule has 18 heavy (non-hydrogen) atoms. The Morgan fingerprint density at radius 1 is 1.22 bits per heavy atom. The smallest absolute Gasteiger partial charge is 0.141 e. The lowest BCUT2D eigenvalue weighted by Gasteiger charge is -2.22. The second-order valence-corrected chi connectivity index (χ2v) is 5.49. The van der Waals surface area contributed by atoms with Gasteiger partial charge in [-0.3, -0.25) is 0 Å². The van der Waals surface area contributed by atoms with Crippen LogP contribution in [-0.2, 0) is 6.42 Å². The van der Waals surface area contributed by atoms with E-state index in [9.17, 15) is 0 Å². The Morgan fingerprint density at radius 3 is 2.72 bits per heavy atom. The van der Waals surface area contributed by atoms with Crippen molar-refractivity contribution in [3.05, 3.63) is 28.8 Å². The molecule has 100 valence electrons. The van der Waals surface area contributed by atoms with E-state index < -0.39 is 0 Å². The van der Waals surface area contributed by atoms with E-state index in [1.807, 2.05) is 12.1 Å². The van der Waals surface area contributed by atoms with Gasteiger partial charge in [0, 0.05) is 0 Å². The fraction of sp³-hybridized carbons (Fsp3) is 0.600. The van der Waals surface area contributed by atoms with E-state index in [4.69, 9.17) is 22.1 Å². The van der Waals surface area contributed by atoms with Crippen LogP contribution in [0.25, 0.3) is 0 Å². The number of para-hydroxylation sites is 1. The summed E-state index contributed by atoms with van der Waals surface area (Å²) in [6, 6.07) is 5.90. The van der Waals surface area contributed by atoms with E-state index in [0.717, 1.165) is 24.3 Å². The molecule has 2 N–H and O–H groups in total. The number of nitrogens with two attached hydrogens (primary N) is 1. The molecule has 0 amide bonds. The minimum absolute atomic E-state index is 0.625. The molecule has 1 aromatic rings. The largest absolute Gasteiger partial charge is 0.491 e. The maximum Gasteiger partial charge on any atom is 0.141 e. The third-order valence-corrected chi connectivity index (χ3v) is 3.95. The summed E-state index contributed by atoms with van der Waals surface area (Å²) in [6.07, 6.45) is 7.45. The molecular weight excluding hydrogens is 246 g/mol. The molecule has 1 fully saturated rings. The lowest BCUT2D eigenvalue weighted by atomic mass is 9.90. The van der Waals surface area contributed by atoms with Gasteiger partial charge in [0.1, 0.15) is 5.75 Å². The van der Waals surface area contributed by atoms with Gasteiger partial charge >= 0.3 is 0 Å². The van der Waals surface area contributed by atoms with Crippen molar-refractivity contribution in [2.24, 2.45) is 11.7 Å². The molecule has 0 aromatic heterocycles. The van der Waals surface area contributed by atoms with Crippen molar-refractivity contribution in [3.8, 4) is 5.75 Å². The first-order valence-electron chi connectivity index (χ1n) is 6.91. The van der Waals surface area contributed by atoms with Crippen molar-refractivity contribution >= 4 is 11.6 Å². The molecule has 0 saturated heterocycles. The molecular formula is C15H22ClNO. The average molecular weight is 268 g/mol. The van der Waals surface area contributed by atoms with Gasteiger partial charge in [-0.05, 0) is 43.4 Å². The predicted molar refractivity (Wildman–Crippen MR) is 76.3 cm³/mol. The summed E-state index contributed by atoms with van der Waals surface area (Å²) >= 11 is 6.22. The van der Waals surface area contributed by atoms with Crippen LogP contribution in [0.15, 0.2) is 18.2 Å². The molecule has 0 bridgehead atoms. The van der Waals surface area contributed by atoms with Crippen LogP contribution in [0.2, 0.25) is 5.02 Å². The number of hydrogen-bond donors (Lipinski definition) is 1. The van der Waals surface area contributed by atoms with Crippen molar-refractivity contribution in [3.63, 3.8) is 0 Å². The fourth-order valence-electron chi connectivity index (χ4n) is 2.62. The van der Waals surface area contributed by atoms with Crippen LogP contribution < -0.4 is 10.5 Å². The van der Waals surface area contributed by atoms with Crippen molar-refractivity contribution in [1.82, 2.24) is 0 Å². The minimum Gasteiger partial charge on any atom is -0.491 e. The van der Waals surface area contributed by atoms with Gasteiger partial charge in [0.05, 0.1) is 11.6 Å². The minimum atomic E-state index is 0.625. The first kappa shape index (κ1) is 13.7. The molecule has 1 aromatic carbocycles. The van der Waals surface area contributed by atoms with Gasteiger partial charge in [-0.25, -0.2) is 0 Å². The Balaban J connectivity index is 1.98. The lowest BCUT2D eigenvalue weighted by molar-refractivity contribution is 0.207. The normalized spacial score (nSPS) is 16.8. The van der Waals surface area contributed by atoms with Gasteiger partial charge in [0.2, 0.25) is 0 Å². The molecule has 1 saturated carbocycles. The van der Waals surface area contributed by atoms with Crippen LogP contribution in [0.1, 0.15) is 37.7 Å². The SMILES string of the molecule is NCCc1cccc(Cl)c1OCC1CCCCC1. The summed E-state index contributed by atoms with van der Waals surface area (Å²) in [5.41, 5.74) is 6.75. The van der Waals surface area contributed by atoms with E-state index in [1.54, 1.807) is 0 Å². The van der Waals surface area contributed by atoms with E-state index in [0.29, 0.717) is 17.5 Å². The monoisotopic (exact) mass is 267 g/mol. The Bertz CT molecular complexity index is 375. The Hall–Kier alpha value is -0.730. The van der Waals surface area contributed by atoms with Crippen LogP contribution in [0, 0.1) is 5.92 Å². The molecule has 0 unspecified atom stereocenters. The molecule has 0 spiro atoms. The zero-order chi connectivity index (χ0) is 12.8. The van der Waals surface area contributed by atoms with Gasteiger partial charge in [0.15, 0.2) is 0 Å². The van der Waals surface area contributed by atoms with Crippen molar-refractivity contribution in [1.29, 1.82) is 0 Å². The standard InChI is InChI=1S/C15H22ClNO/c16-14-8-4-7-13(9-10-17)15(14)18-11-12-5-2-1-3-6-12/h4,7-8,12H,1-3,5-6,9-11,17H2. The molecule has 3 heteroatoms. The number of ether oxygens (including phenoxy) is 1. The van der Waals surface area contributed by atoms with Gasteiger partial charge < -0.3 is 10.5 Å². The molecule has 2 rings (SSSR count).